The van der Waals surface area contributed by atoms with Crippen LogP contribution < -0.4 is 5.73 Å². The molecule has 106 valence electrons. The van der Waals surface area contributed by atoms with Gasteiger partial charge in [0.05, 0.1) is 10.7 Å². The molecule has 0 saturated heterocycles. The van der Waals surface area contributed by atoms with E-state index in [-0.39, 0.29) is 6.04 Å². The Morgan fingerprint density at radius 1 is 1.15 bits per heavy atom. The number of benzene rings is 1. The van der Waals surface area contributed by atoms with Crippen LogP contribution in [-0.2, 0) is 6.54 Å². The minimum atomic E-state index is 0.156. The molecule has 0 amide bonds. The first-order valence-corrected chi connectivity index (χ1v) is 7.10. The fourth-order valence-electron chi connectivity index (χ4n) is 2.04. The van der Waals surface area contributed by atoms with Gasteiger partial charge in [0.25, 0.3) is 0 Å². The average Bonchev–Trinajstić information content (AvgIpc) is 2.42. The number of nitrogen functional groups attached to an aromatic ring is 1. The van der Waals surface area contributed by atoms with Crippen LogP contribution in [0.4, 0.5) is 5.82 Å². The molecule has 1 aromatic heterocycles. The highest BCUT2D eigenvalue weighted by atomic mass is 35.5. The molecule has 0 fully saturated rings. The number of pyridine rings is 1. The summed E-state index contributed by atoms with van der Waals surface area (Å²) in [7, 11) is 2.01. The van der Waals surface area contributed by atoms with Crippen molar-refractivity contribution in [2.24, 2.45) is 0 Å². The largest absolute Gasteiger partial charge is 0.384 e. The molecule has 0 aliphatic rings. The molecular weight excluding hydrogens is 293 g/mol. The number of hydrogen-bond donors (Lipinski definition) is 1. The van der Waals surface area contributed by atoms with Crippen molar-refractivity contribution < 1.29 is 0 Å². The van der Waals surface area contributed by atoms with E-state index in [2.05, 4.69) is 16.8 Å². The van der Waals surface area contributed by atoms with Gasteiger partial charge in [-0.05, 0) is 37.7 Å². The summed E-state index contributed by atoms with van der Waals surface area (Å²) in [5.41, 5.74) is 7.56. The minimum Gasteiger partial charge on any atom is -0.384 e. The lowest BCUT2D eigenvalue weighted by atomic mass is 10.1. The molecule has 1 unspecified atom stereocenters. The molecule has 0 aliphatic carbocycles. The molecule has 0 radical (unpaired) electrons. The Labute approximate surface area is 129 Å². The molecule has 0 aliphatic heterocycles. The van der Waals surface area contributed by atoms with Gasteiger partial charge in [0, 0.05) is 17.6 Å². The molecule has 5 heteroatoms. The highest BCUT2D eigenvalue weighted by molar-refractivity contribution is 6.31. The molecule has 0 saturated carbocycles. The summed E-state index contributed by atoms with van der Waals surface area (Å²) in [4.78, 5) is 6.42. The van der Waals surface area contributed by atoms with Crippen LogP contribution in [0.1, 0.15) is 24.2 Å². The third-order valence-corrected chi connectivity index (χ3v) is 4.04. The quantitative estimate of drug-likeness (QED) is 0.922. The zero-order valence-corrected chi connectivity index (χ0v) is 13.0. The normalized spacial score (nSPS) is 12.7. The molecule has 1 atom stereocenters. The van der Waals surface area contributed by atoms with E-state index in [1.54, 1.807) is 12.1 Å². The first-order valence-electron chi connectivity index (χ1n) is 6.34. The summed E-state index contributed by atoms with van der Waals surface area (Å²) in [5.74, 6) is 0.475. The van der Waals surface area contributed by atoms with Gasteiger partial charge < -0.3 is 5.73 Å². The Hall–Kier alpha value is -1.29. The van der Waals surface area contributed by atoms with Crippen LogP contribution >= 0.6 is 23.2 Å². The van der Waals surface area contributed by atoms with Crippen LogP contribution in [0, 0.1) is 0 Å². The lowest BCUT2D eigenvalue weighted by Crippen LogP contribution is -2.23. The molecule has 2 aromatic rings. The first-order chi connectivity index (χ1) is 9.49. The van der Waals surface area contributed by atoms with Gasteiger partial charge in [-0.15, -0.1) is 0 Å². The van der Waals surface area contributed by atoms with Crippen LogP contribution in [0.2, 0.25) is 10.0 Å². The van der Waals surface area contributed by atoms with Crippen molar-refractivity contribution in [3.8, 4) is 0 Å². The Morgan fingerprint density at radius 3 is 2.55 bits per heavy atom. The van der Waals surface area contributed by atoms with E-state index in [9.17, 15) is 0 Å². The standard InChI is InChI=1S/C15H17Cl2N3/c1-10(11-5-3-4-6-12(11)16)20(2)9-14-13(17)7-8-15(18)19-14/h3-8,10H,9H2,1-2H3,(H2,18,19). The van der Waals surface area contributed by atoms with Gasteiger partial charge in [0.2, 0.25) is 0 Å². The van der Waals surface area contributed by atoms with Gasteiger partial charge in [-0.3, -0.25) is 4.90 Å². The number of nitrogens with two attached hydrogens (primary N) is 1. The second-order valence-electron chi connectivity index (χ2n) is 4.78. The molecular formula is C15H17Cl2N3. The van der Waals surface area contributed by atoms with E-state index in [4.69, 9.17) is 28.9 Å². The van der Waals surface area contributed by atoms with Gasteiger partial charge in [-0.2, -0.15) is 0 Å². The fraction of sp³-hybridized carbons (Fsp3) is 0.267. The molecule has 3 nitrogen and oxygen atoms in total. The van der Waals surface area contributed by atoms with E-state index >= 15 is 0 Å². The summed E-state index contributed by atoms with van der Waals surface area (Å²) < 4.78 is 0. The van der Waals surface area contributed by atoms with Gasteiger partial charge in [0.1, 0.15) is 5.82 Å². The predicted octanol–water partition coefficient (Wildman–Crippen LogP) is 4.16. The van der Waals surface area contributed by atoms with E-state index in [0.717, 1.165) is 16.3 Å². The lowest BCUT2D eigenvalue weighted by Gasteiger charge is -2.25. The summed E-state index contributed by atoms with van der Waals surface area (Å²) in [6.07, 6.45) is 0. The third-order valence-electron chi connectivity index (χ3n) is 3.36. The Kier molecular flexibility index (Phi) is 4.86. The Balaban J connectivity index is 2.17. The monoisotopic (exact) mass is 309 g/mol. The van der Waals surface area contributed by atoms with Gasteiger partial charge in [-0.25, -0.2) is 4.98 Å². The van der Waals surface area contributed by atoms with E-state index < -0.39 is 0 Å². The van der Waals surface area contributed by atoms with Crippen LogP contribution in [-0.4, -0.2) is 16.9 Å². The SMILES string of the molecule is CC(c1ccccc1Cl)N(C)Cc1nc(N)ccc1Cl. The smallest absolute Gasteiger partial charge is 0.123 e. The highest BCUT2D eigenvalue weighted by Crippen LogP contribution is 2.28. The molecule has 1 aromatic carbocycles. The molecule has 0 bridgehead atoms. The minimum absolute atomic E-state index is 0.156. The van der Waals surface area contributed by atoms with Crippen LogP contribution in [0.5, 0.6) is 0 Å². The van der Waals surface area contributed by atoms with Crippen LogP contribution in [0.25, 0.3) is 0 Å². The number of rotatable bonds is 4. The predicted molar refractivity (Wildman–Crippen MR) is 85.0 cm³/mol. The highest BCUT2D eigenvalue weighted by Gasteiger charge is 2.16. The second kappa shape index (κ2) is 6.44. The number of halogens is 2. The summed E-state index contributed by atoms with van der Waals surface area (Å²) in [6.45, 7) is 2.71. The van der Waals surface area contributed by atoms with Gasteiger partial charge in [-0.1, -0.05) is 41.4 Å². The summed E-state index contributed by atoms with van der Waals surface area (Å²) >= 11 is 12.4. The molecule has 0 spiro atoms. The molecule has 2 rings (SSSR count). The molecule has 2 N–H and O–H groups in total. The summed E-state index contributed by atoms with van der Waals surface area (Å²) in [5, 5.41) is 1.39. The maximum absolute atomic E-state index is 6.23. The van der Waals surface area contributed by atoms with E-state index in [0.29, 0.717) is 17.4 Å². The number of nitrogens with zero attached hydrogens (tertiary/aromatic N) is 2. The first kappa shape index (κ1) is 15.1. The Bertz CT molecular complexity index is 601. The van der Waals surface area contributed by atoms with E-state index in [1.165, 1.54) is 0 Å². The number of anilines is 1. The fourth-order valence-corrected chi connectivity index (χ4v) is 2.50. The van der Waals surface area contributed by atoms with Crippen molar-refractivity contribution in [3.05, 3.63) is 57.7 Å². The third kappa shape index (κ3) is 3.42. The number of aromatic nitrogens is 1. The lowest BCUT2D eigenvalue weighted by molar-refractivity contribution is 0.250. The van der Waals surface area contributed by atoms with E-state index in [1.807, 2.05) is 31.3 Å². The van der Waals surface area contributed by atoms with Crippen LogP contribution in [0.3, 0.4) is 0 Å². The zero-order valence-electron chi connectivity index (χ0n) is 11.5. The second-order valence-corrected chi connectivity index (χ2v) is 5.59. The van der Waals surface area contributed by atoms with Crippen molar-refractivity contribution in [3.63, 3.8) is 0 Å². The number of hydrogen-bond acceptors (Lipinski definition) is 3. The van der Waals surface area contributed by atoms with Crippen molar-refractivity contribution in [2.45, 2.75) is 19.5 Å². The topological polar surface area (TPSA) is 42.2 Å². The molecule has 1 heterocycles. The van der Waals surface area contributed by atoms with Gasteiger partial charge in [0.15, 0.2) is 0 Å². The molecule has 20 heavy (non-hydrogen) atoms. The average molecular weight is 310 g/mol. The summed E-state index contributed by atoms with van der Waals surface area (Å²) in [6, 6.07) is 11.5. The van der Waals surface area contributed by atoms with Crippen LogP contribution in [0.15, 0.2) is 36.4 Å². The maximum atomic E-state index is 6.23. The maximum Gasteiger partial charge on any atom is 0.123 e. The van der Waals surface area contributed by atoms with Gasteiger partial charge >= 0.3 is 0 Å². The van der Waals surface area contributed by atoms with Crippen molar-refractivity contribution in [1.29, 1.82) is 0 Å². The van der Waals surface area contributed by atoms with Crippen molar-refractivity contribution in [1.82, 2.24) is 9.88 Å². The Morgan fingerprint density at radius 2 is 1.85 bits per heavy atom. The van der Waals surface area contributed by atoms with Crippen molar-refractivity contribution >= 4 is 29.0 Å². The van der Waals surface area contributed by atoms with Crippen molar-refractivity contribution in [2.75, 3.05) is 12.8 Å². The zero-order chi connectivity index (χ0) is 14.7.